The maximum atomic E-state index is 3.65. The smallest absolute Gasteiger partial charge is 0.0360 e. The molecule has 3 unspecified atom stereocenters. The Bertz CT molecular complexity index is 982. The number of nitrogens with zero attached hydrogens (tertiary/aromatic N) is 2. The number of hydrogen-bond acceptors (Lipinski definition) is 3. The van der Waals surface area contributed by atoms with E-state index in [1.54, 1.807) is 11.1 Å². The average molecular weight is 520 g/mol. The molecule has 1 heterocycles. The Morgan fingerprint density at radius 1 is 0.842 bits per heavy atom. The molecule has 1 fully saturated rings. The third-order valence-electron chi connectivity index (χ3n) is 8.06. The zero-order valence-electron chi connectivity index (χ0n) is 26.3. The highest BCUT2D eigenvalue weighted by molar-refractivity contribution is 5.75. The molecule has 2 aromatic carbocycles. The Hall–Kier alpha value is -2.10. The summed E-state index contributed by atoms with van der Waals surface area (Å²) in [6.45, 7) is 29.0. The third-order valence-corrected chi connectivity index (χ3v) is 8.06. The van der Waals surface area contributed by atoms with E-state index in [4.69, 9.17) is 0 Å². The predicted octanol–water partition coefficient (Wildman–Crippen LogP) is 8.47. The molecule has 4 rings (SSSR count). The van der Waals surface area contributed by atoms with Gasteiger partial charge in [-0.05, 0) is 99.3 Å². The molecule has 3 heteroatoms. The van der Waals surface area contributed by atoms with Crippen molar-refractivity contribution in [2.75, 3.05) is 44.6 Å². The van der Waals surface area contributed by atoms with Gasteiger partial charge < -0.3 is 10.2 Å². The van der Waals surface area contributed by atoms with E-state index in [2.05, 4.69) is 99.1 Å². The fourth-order valence-electron chi connectivity index (χ4n) is 6.14. The third kappa shape index (κ3) is 8.71. The average Bonchev–Trinajstić information content (AvgIpc) is 2.92. The Kier molecular flexibility index (Phi) is 13.6. The van der Waals surface area contributed by atoms with Crippen LogP contribution in [0.2, 0.25) is 0 Å². The number of benzene rings is 2. The van der Waals surface area contributed by atoms with E-state index < -0.39 is 0 Å². The largest absolute Gasteiger partial charge is 0.381 e. The standard InChI is InChI=1S/C31H45N3.2C2H6/c1-22(2)31-29(13-12-27-18-23(3)24(4)19-30(27)31)25(5)20-33-14-16-34(17-15-33)21-26(6)32-28-10-8-7-9-11-28;2*1-2/h7-11,18-19,25-26,29,32H,12-17,20-21H2,1-6H3;2*1-2H3. The first kappa shape index (κ1) is 32.1. The highest BCUT2D eigenvalue weighted by Crippen LogP contribution is 2.42. The number of allylic oxidation sites excluding steroid dienone is 2. The number of aryl methyl sites for hydroxylation is 3. The number of anilines is 1. The van der Waals surface area contributed by atoms with Gasteiger partial charge in [0.25, 0.3) is 0 Å². The summed E-state index contributed by atoms with van der Waals surface area (Å²) < 4.78 is 0. The normalized spacial score (nSPS) is 19.2. The van der Waals surface area contributed by atoms with Crippen LogP contribution in [0.3, 0.4) is 0 Å². The van der Waals surface area contributed by atoms with Crippen molar-refractivity contribution in [3.8, 4) is 0 Å². The number of fused-ring (bicyclic) bond motifs is 1. The summed E-state index contributed by atoms with van der Waals surface area (Å²) in [7, 11) is 0. The van der Waals surface area contributed by atoms with E-state index in [9.17, 15) is 0 Å². The van der Waals surface area contributed by atoms with Crippen molar-refractivity contribution < 1.29 is 0 Å². The van der Waals surface area contributed by atoms with Crippen LogP contribution >= 0.6 is 0 Å². The number of rotatable bonds is 7. The van der Waals surface area contributed by atoms with Gasteiger partial charge in [-0.3, -0.25) is 4.90 Å². The van der Waals surface area contributed by atoms with Crippen LogP contribution < -0.4 is 5.32 Å². The summed E-state index contributed by atoms with van der Waals surface area (Å²) in [5, 5.41) is 3.65. The lowest BCUT2D eigenvalue weighted by Crippen LogP contribution is -2.50. The molecule has 0 saturated carbocycles. The van der Waals surface area contributed by atoms with Gasteiger partial charge in [-0.15, -0.1) is 0 Å². The monoisotopic (exact) mass is 519 g/mol. The van der Waals surface area contributed by atoms with Gasteiger partial charge in [0.2, 0.25) is 0 Å². The van der Waals surface area contributed by atoms with Crippen molar-refractivity contribution >= 4 is 11.3 Å². The van der Waals surface area contributed by atoms with Gasteiger partial charge in [-0.25, -0.2) is 0 Å². The molecule has 0 radical (unpaired) electrons. The van der Waals surface area contributed by atoms with E-state index in [0.717, 1.165) is 6.54 Å². The lowest BCUT2D eigenvalue weighted by molar-refractivity contribution is 0.111. The molecule has 3 atom stereocenters. The molecule has 3 nitrogen and oxygen atoms in total. The molecule has 38 heavy (non-hydrogen) atoms. The Labute approximate surface area is 235 Å². The molecule has 1 saturated heterocycles. The minimum atomic E-state index is 0.461. The first-order valence-electron chi connectivity index (χ1n) is 15.4. The van der Waals surface area contributed by atoms with Gasteiger partial charge in [0, 0.05) is 51.0 Å². The molecule has 1 aliphatic carbocycles. The number of nitrogens with one attached hydrogen (secondary N) is 1. The quantitative estimate of drug-likeness (QED) is 0.396. The second-order valence-electron chi connectivity index (χ2n) is 11.1. The van der Waals surface area contributed by atoms with Crippen LogP contribution in [-0.4, -0.2) is 55.1 Å². The number of hydrogen-bond donors (Lipinski definition) is 1. The first-order valence-corrected chi connectivity index (χ1v) is 15.4. The van der Waals surface area contributed by atoms with E-state index in [1.807, 2.05) is 27.7 Å². The van der Waals surface area contributed by atoms with Crippen LogP contribution in [0.1, 0.15) is 84.1 Å². The Balaban J connectivity index is 0.00000121. The zero-order chi connectivity index (χ0) is 28.2. The van der Waals surface area contributed by atoms with E-state index in [0.29, 0.717) is 17.9 Å². The summed E-state index contributed by atoms with van der Waals surface area (Å²) in [4.78, 5) is 5.35. The first-order chi connectivity index (χ1) is 18.3. The van der Waals surface area contributed by atoms with Crippen LogP contribution in [0.5, 0.6) is 0 Å². The minimum absolute atomic E-state index is 0.461. The van der Waals surface area contributed by atoms with Crippen LogP contribution in [0.4, 0.5) is 5.69 Å². The van der Waals surface area contributed by atoms with Crippen molar-refractivity contribution in [2.24, 2.45) is 11.8 Å². The van der Waals surface area contributed by atoms with Crippen molar-refractivity contribution in [1.82, 2.24) is 9.80 Å². The van der Waals surface area contributed by atoms with E-state index in [1.165, 1.54) is 73.5 Å². The second-order valence-corrected chi connectivity index (χ2v) is 11.1. The topological polar surface area (TPSA) is 18.5 Å². The Morgan fingerprint density at radius 2 is 1.39 bits per heavy atom. The second kappa shape index (κ2) is 16.1. The molecule has 0 aromatic heterocycles. The van der Waals surface area contributed by atoms with Crippen molar-refractivity contribution in [2.45, 2.75) is 88.1 Å². The maximum absolute atomic E-state index is 3.65. The fraction of sp³-hybridized carbons (Fsp3) is 0.600. The summed E-state index contributed by atoms with van der Waals surface area (Å²) >= 11 is 0. The van der Waals surface area contributed by atoms with Crippen LogP contribution in [0, 0.1) is 25.7 Å². The lowest BCUT2D eigenvalue weighted by atomic mass is 9.71. The molecule has 2 aliphatic rings. The molecule has 2 aromatic rings. The summed E-state index contributed by atoms with van der Waals surface area (Å²) in [5.74, 6) is 1.36. The molecule has 1 N–H and O–H groups in total. The van der Waals surface area contributed by atoms with Crippen LogP contribution in [0.25, 0.3) is 5.57 Å². The van der Waals surface area contributed by atoms with Gasteiger partial charge in [-0.2, -0.15) is 0 Å². The number of piperazine rings is 1. The van der Waals surface area contributed by atoms with Crippen molar-refractivity contribution in [3.05, 3.63) is 70.3 Å². The molecule has 0 spiro atoms. The van der Waals surface area contributed by atoms with Crippen molar-refractivity contribution in [1.29, 1.82) is 0 Å². The van der Waals surface area contributed by atoms with Gasteiger partial charge in [0.15, 0.2) is 0 Å². The van der Waals surface area contributed by atoms with E-state index in [-0.39, 0.29) is 0 Å². The maximum Gasteiger partial charge on any atom is 0.0360 e. The molecule has 212 valence electrons. The summed E-state index contributed by atoms with van der Waals surface area (Å²) in [6, 6.07) is 16.0. The molecule has 1 aliphatic heterocycles. The molecular weight excluding hydrogens is 462 g/mol. The van der Waals surface area contributed by atoms with Crippen LogP contribution in [-0.2, 0) is 6.42 Å². The summed E-state index contributed by atoms with van der Waals surface area (Å²) in [6.07, 6.45) is 2.52. The molecular formula is C35H57N3. The van der Waals surface area contributed by atoms with Gasteiger partial charge in [-0.1, -0.05) is 70.5 Å². The molecule has 0 bridgehead atoms. The minimum Gasteiger partial charge on any atom is -0.381 e. The predicted molar refractivity (Wildman–Crippen MR) is 170 cm³/mol. The summed E-state index contributed by atoms with van der Waals surface area (Å²) in [5.41, 5.74) is 10.3. The molecule has 0 amide bonds. The number of para-hydroxylation sites is 1. The van der Waals surface area contributed by atoms with Gasteiger partial charge in [0.1, 0.15) is 0 Å². The highest BCUT2D eigenvalue weighted by Gasteiger charge is 2.31. The van der Waals surface area contributed by atoms with Crippen molar-refractivity contribution in [3.63, 3.8) is 0 Å². The fourth-order valence-corrected chi connectivity index (χ4v) is 6.14. The zero-order valence-corrected chi connectivity index (χ0v) is 26.3. The van der Waals surface area contributed by atoms with Gasteiger partial charge in [0.05, 0.1) is 0 Å². The highest BCUT2D eigenvalue weighted by atomic mass is 15.3. The van der Waals surface area contributed by atoms with Crippen LogP contribution in [0.15, 0.2) is 48.0 Å². The Morgan fingerprint density at radius 3 is 1.97 bits per heavy atom. The van der Waals surface area contributed by atoms with Gasteiger partial charge >= 0.3 is 0 Å². The SMILES string of the molecule is CC.CC.CC(C)=C1c2cc(C)c(C)cc2CCC1C(C)CN1CCN(CC(C)Nc2ccccc2)CC1. The van der Waals surface area contributed by atoms with E-state index >= 15 is 0 Å². The lowest BCUT2D eigenvalue weighted by Gasteiger charge is -2.40.